The van der Waals surface area contributed by atoms with Crippen molar-refractivity contribution in [3.05, 3.63) is 18.1 Å². The Morgan fingerprint density at radius 1 is 1.29 bits per heavy atom. The first-order chi connectivity index (χ1) is 10.3. The Balaban J connectivity index is 1.70. The molecule has 2 aromatic heterocycles. The van der Waals surface area contributed by atoms with Crippen molar-refractivity contribution >= 4 is 16.9 Å². The van der Waals surface area contributed by atoms with E-state index >= 15 is 0 Å². The first-order valence-electron chi connectivity index (χ1n) is 8.08. The van der Waals surface area contributed by atoms with Crippen molar-refractivity contribution in [2.75, 3.05) is 25.0 Å². The van der Waals surface area contributed by atoms with Gasteiger partial charge in [-0.2, -0.15) is 0 Å². The van der Waals surface area contributed by atoms with E-state index in [4.69, 9.17) is 4.98 Å². The molecule has 0 unspecified atom stereocenters. The summed E-state index contributed by atoms with van der Waals surface area (Å²) in [7, 11) is 2.06. The van der Waals surface area contributed by atoms with E-state index in [1.54, 1.807) is 0 Å². The molecule has 5 heteroatoms. The normalized spacial score (nSPS) is 20.0. The molecule has 0 amide bonds. The number of anilines is 1. The van der Waals surface area contributed by atoms with Crippen LogP contribution in [0.1, 0.15) is 37.3 Å². The predicted molar refractivity (Wildman–Crippen MR) is 84.6 cm³/mol. The lowest BCUT2D eigenvalue weighted by atomic mass is 9.94. The minimum absolute atomic E-state index is 0.576. The van der Waals surface area contributed by atoms with Gasteiger partial charge in [-0.3, -0.25) is 0 Å². The Hall–Kier alpha value is -1.62. The van der Waals surface area contributed by atoms with Gasteiger partial charge in [-0.25, -0.2) is 9.97 Å². The first-order valence-corrected chi connectivity index (χ1v) is 8.08. The molecule has 2 aliphatic rings. The van der Waals surface area contributed by atoms with E-state index < -0.39 is 0 Å². The number of hydrogen-bond donors (Lipinski definition) is 2. The summed E-state index contributed by atoms with van der Waals surface area (Å²) in [6.45, 7) is 3.23. The fourth-order valence-corrected chi connectivity index (χ4v) is 3.16. The van der Waals surface area contributed by atoms with Gasteiger partial charge in [0, 0.05) is 25.2 Å². The molecule has 21 heavy (non-hydrogen) atoms. The lowest BCUT2D eigenvalue weighted by Crippen LogP contribution is -2.27. The summed E-state index contributed by atoms with van der Waals surface area (Å²) in [6, 6.07) is 2.24. The number of aromatic nitrogens is 3. The zero-order chi connectivity index (χ0) is 14.2. The summed E-state index contributed by atoms with van der Waals surface area (Å²) in [4.78, 5) is 9.45. The highest BCUT2D eigenvalue weighted by Crippen LogP contribution is 2.32. The van der Waals surface area contributed by atoms with E-state index in [0.29, 0.717) is 5.92 Å². The second-order valence-corrected chi connectivity index (χ2v) is 6.47. The Morgan fingerprint density at radius 3 is 2.86 bits per heavy atom. The van der Waals surface area contributed by atoms with Crippen LogP contribution < -0.4 is 10.6 Å². The molecule has 0 bridgehead atoms. The third-order valence-corrected chi connectivity index (χ3v) is 4.74. The number of nitrogens with one attached hydrogen (secondary N) is 2. The topological polar surface area (TPSA) is 54.8 Å². The van der Waals surface area contributed by atoms with Gasteiger partial charge in [0.25, 0.3) is 0 Å². The van der Waals surface area contributed by atoms with E-state index in [2.05, 4.69) is 33.3 Å². The molecule has 0 spiro atoms. The molecule has 112 valence electrons. The number of fused-ring (bicyclic) bond motifs is 1. The smallest absolute Gasteiger partial charge is 0.154 e. The summed E-state index contributed by atoms with van der Waals surface area (Å²) >= 11 is 0. The summed E-state index contributed by atoms with van der Waals surface area (Å²) in [5.41, 5.74) is 3.43. The molecular formula is C16H23N5. The van der Waals surface area contributed by atoms with Crippen molar-refractivity contribution in [1.29, 1.82) is 0 Å². The van der Waals surface area contributed by atoms with Crippen LogP contribution in [0.5, 0.6) is 0 Å². The third kappa shape index (κ3) is 2.62. The zero-order valence-electron chi connectivity index (χ0n) is 12.6. The second kappa shape index (κ2) is 5.30. The predicted octanol–water partition coefficient (Wildman–Crippen LogP) is 2.26. The highest BCUT2D eigenvalue weighted by atomic mass is 15.1. The average Bonchev–Trinajstić information content (AvgIpc) is 3.29. The van der Waals surface area contributed by atoms with Crippen LogP contribution in [0.25, 0.3) is 11.0 Å². The number of imidazole rings is 1. The Labute approximate surface area is 125 Å². The van der Waals surface area contributed by atoms with Crippen LogP contribution in [0.2, 0.25) is 0 Å². The van der Waals surface area contributed by atoms with Crippen molar-refractivity contribution in [3.63, 3.8) is 0 Å². The molecule has 1 aliphatic heterocycles. The number of nitrogens with zero attached hydrogens (tertiary/aromatic N) is 3. The molecule has 0 aromatic carbocycles. The van der Waals surface area contributed by atoms with Crippen LogP contribution >= 0.6 is 0 Å². The lowest BCUT2D eigenvalue weighted by Gasteiger charge is -2.23. The van der Waals surface area contributed by atoms with Gasteiger partial charge >= 0.3 is 0 Å². The van der Waals surface area contributed by atoms with Crippen molar-refractivity contribution in [3.8, 4) is 0 Å². The van der Waals surface area contributed by atoms with Crippen LogP contribution in [0.15, 0.2) is 12.4 Å². The Morgan fingerprint density at radius 2 is 2.10 bits per heavy atom. The van der Waals surface area contributed by atoms with Crippen LogP contribution in [-0.2, 0) is 7.05 Å². The van der Waals surface area contributed by atoms with Gasteiger partial charge in [0.15, 0.2) is 5.82 Å². The minimum Gasteiger partial charge on any atom is -0.368 e. The number of piperidine rings is 1. The number of aryl methyl sites for hydroxylation is 1. The zero-order valence-corrected chi connectivity index (χ0v) is 12.6. The van der Waals surface area contributed by atoms with Crippen molar-refractivity contribution in [2.24, 2.45) is 13.0 Å². The van der Waals surface area contributed by atoms with Gasteiger partial charge in [0.2, 0.25) is 0 Å². The van der Waals surface area contributed by atoms with Gasteiger partial charge in [-0.1, -0.05) is 0 Å². The highest BCUT2D eigenvalue weighted by molar-refractivity contribution is 5.86. The molecule has 2 N–H and O–H groups in total. The van der Waals surface area contributed by atoms with Gasteiger partial charge < -0.3 is 15.2 Å². The molecule has 0 atom stereocenters. The molecule has 1 saturated heterocycles. The summed E-state index contributed by atoms with van der Waals surface area (Å²) < 4.78 is 2.10. The molecule has 1 aliphatic carbocycles. The summed E-state index contributed by atoms with van der Waals surface area (Å²) in [6.07, 6.45) is 6.95. The van der Waals surface area contributed by atoms with E-state index in [1.807, 2.05) is 6.33 Å². The van der Waals surface area contributed by atoms with Crippen molar-refractivity contribution in [2.45, 2.75) is 31.6 Å². The van der Waals surface area contributed by atoms with Gasteiger partial charge in [-0.15, -0.1) is 0 Å². The van der Waals surface area contributed by atoms with E-state index in [9.17, 15) is 0 Å². The summed E-state index contributed by atoms with van der Waals surface area (Å²) in [5.74, 6) is 2.40. The molecule has 2 aromatic rings. The van der Waals surface area contributed by atoms with Crippen LogP contribution in [-0.4, -0.2) is 34.2 Å². The molecule has 4 rings (SSSR count). The van der Waals surface area contributed by atoms with Gasteiger partial charge in [-0.05, 0) is 50.8 Å². The SMILES string of the molecule is Cn1cnc2c(NCC3CC3)nc(C3CCNCC3)cc21. The molecule has 5 nitrogen and oxygen atoms in total. The highest BCUT2D eigenvalue weighted by Gasteiger charge is 2.23. The lowest BCUT2D eigenvalue weighted by molar-refractivity contribution is 0.454. The molecule has 2 fully saturated rings. The van der Waals surface area contributed by atoms with Crippen LogP contribution in [0.3, 0.4) is 0 Å². The monoisotopic (exact) mass is 285 g/mol. The largest absolute Gasteiger partial charge is 0.368 e. The molecule has 1 saturated carbocycles. The van der Waals surface area contributed by atoms with Crippen molar-refractivity contribution in [1.82, 2.24) is 19.9 Å². The van der Waals surface area contributed by atoms with Crippen molar-refractivity contribution < 1.29 is 0 Å². The molecule has 3 heterocycles. The Kier molecular flexibility index (Phi) is 3.30. The van der Waals surface area contributed by atoms with Crippen LogP contribution in [0, 0.1) is 5.92 Å². The Bertz CT molecular complexity index is 637. The maximum absolute atomic E-state index is 4.92. The standard InChI is InChI=1S/C16H23N5/c1-21-10-19-15-14(21)8-13(12-4-6-17-7-5-12)20-16(15)18-9-11-2-3-11/h8,10-12,17H,2-7,9H2,1H3,(H,18,20). The van der Waals surface area contributed by atoms with Gasteiger partial charge in [0.1, 0.15) is 5.52 Å². The number of pyridine rings is 1. The average molecular weight is 285 g/mol. The maximum Gasteiger partial charge on any atom is 0.154 e. The maximum atomic E-state index is 4.92. The molecular weight excluding hydrogens is 262 g/mol. The fourth-order valence-electron chi connectivity index (χ4n) is 3.16. The van der Waals surface area contributed by atoms with E-state index in [1.165, 1.54) is 36.9 Å². The number of rotatable bonds is 4. The van der Waals surface area contributed by atoms with Gasteiger partial charge in [0.05, 0.1) is 11.8 Å². The minimum atomic E-state index is 0.576. The van der Waals surface area contributed by atoms with E-state index in [-0.39, 0.29) is 0 Å². The van der Waals surface area contributed by atoms with E-state index in [0.717, 1.165) is 36.9 Å². The second-order valence-electron chi connectivity index (χ2n) is 6.47. The van der Waals surface area contributed by atoms with Crippen LogP contribution in [0.4, 0.5) is 5.82 Å². The number of hydrogen-bond acceptors (Lipinski definition) is 4. The fraction of sp³-hybridized carbons (Fsp3) is 0.625. The summed E-state index contributed by atoms with van der Waals surface area (Å²) in [5, 5.41) is 6.97. The first kappa shape index (κ1) is 13.1. The molecule has 0 radical (unpaired) electrons. The third-order valence-electron chi connectivity index (χ3n) is 4.74. The quantitative estimate of drug-likeness (QED) is 0.905.